The van der Waals surface area contributed by atoms with Crippen molar-refractivity contribution in [3.63, 3.8) is 0 Å². The van der Waals surface area contributed by atoms with Crippen LogP contribution < -0.4 is 5.32 Å². The number of amides is 1. The smallest absolute Gasteiger partial charge is 0.406 e. The fourth-order valence-corrected chi connectivity index (χ4v) is 5.60. The highest BCUT2D eigenvalue weighted by Crippen LogP contribution is 2.44. The molecule has 0 bridgehead atoms. The van der Waals surface area contributed by atoms with Crippen molar-refractivity contribution in [3.05, 3.63) is 48.5 Å². The average Bonchev–Trinajstić information content (AvgIpc) is 3.40. The van der Waals surface area contributed by atoms with E-state index in [1.807, 2.05) is 19.2 Å². The van der Waals surface area contributed by atoms with Crippen LogP contribution in [0.2, 0.25) is 18.1 Å². The molecule has 0 spiro atoms. The Labute approximate surface area is 216 Å². The summed E-state index contributed by atoms with van der Waals surface area (Å²) in [5.74, 6) is -0.144. The highest BCUT2D eigenvalue weighted by molar-refractivity contribution is 7.32. The molecule has 3 heterocycles. The zero-order valence-electron chi connectivity index (χ0n) is 21.2. The number of imidazole rings is 1. The number of hydrogen-bond donors (Lipinski definition) is 3. The van der Waals surface area contributed by atoms with Gasteiger partial charge in [-0.15, -0.1) is 9.42 Å². The molecule has 1 amide bonds. The minimum absolute atomic E-state index is 0.186. The lowest BCUT2D eigenvalue weighted by Gasteiger charge is -2.40. The number of anilines is 1. The quantitative estimate of drug-likeness (QED) is 0.281. The first-order chi connectivity index (χ1) is 17.4. The molecular formula is C23H31N5O7PSi+. The van der Waals surface area contributed by atoms with Crippen molar-refractivity contribution >= 4 is 39.5 Å². The Kier molecular flexibility index (Phi) is 7.86. The zero-order valence-corrected chi connectivity index (χ0v) is 23.1. The minimum Gasteiger partial charge on any atom is -0.406 e. The predicted octanol–water partition coefficient (Wildman–Crippen LogP) is 3.39. The molecule has 0 aliphatic carbocycles. The number of carbonyl (C=O) groups is 1. The van der Waals surface area contributed by atoms with Crippen LogP contribution in [0.1, 0.15) is 37.4 Å². The van der Waals surface area contributed by atoms with Gasteiger partial charge in [0, 0.05) is 10.1 Å². The molecule has 1 aliphatic heterocycles. The van der Waals surface area contributed by atoms with Gasteiger partial charge < -0.3 is 19.6 Å². The number of hydrogen-bond acceptors (Lipinski definition) is 9. The van der Waals surface area contributed by atoms with E-state index in [-0.39, 0.29) is 16.8 Å². The molecule has 37 heavy (non-hydrogen) atoms. The molecular weight excluding hydrogens is 517 g/mol. The molecule has 2 aromatic heterocycles. The molecule has 1 aromatic carbocycles. The maximum atomic E-state index is 12.7. The van der Waals surface area contributed by atoms with E-state index in [9.17, 15) is 19.4 Å². The molecule has 14 heteroatoms. The lowest BCUT2D eigenvalue weighted by Crippen LogP contribution is -2.49. The van der Waals surface area contributed by atoms with Gasteiger partial charge in [0.1, 0.15) is 18.5 Å². The fourth-order valence-electron chi connectivity index (χ4n) is 3.85. The number of rotatable bonds is 8. The zero-order chi connectivity index (χ0) is 27.0. The van der Waals surface area contributed by atoms with Crippen LogP contribution in [-0.2, 0) is 18.3 Å². The van der Waals surface area contributed by atoms with Gasteiger partial charge in [-0.2, -0.15) is 0 Å². The summed E-state index contributed by atoms with van der Waals surface area (Å²) in [5.41, 5.74) is 1.12. The number of ether oxygens (including phenoxy) is 1. The van der Waals surface area contributed by atoms with Crippen LogP contribution in [-0.4, -0.2) is 68.7 Å². The molecule has 5 atom stereocenters. The Morgan fingerprint density at radius 1 is 1.19 bits per heavy atom. The van der Waals surface area contributed by atoms with Crippen LogP contribution in [0.4, 0.5) is 5.82 Å². The van der Waals surface area contributed by atoms with Gasteiger partial charge in [-0.1, -0.05) is 39.0 Å². The first-order valence-corrected chi connectivity index (χ1v) is 15.8. The third kappa shape index (κ3) is 5.63. The van der Waals surface area contributed by atoms with Gasteiger partial charge >= 0.3 is 8.25 Å². The third-order valence-electron chi connectivity index (χ3n) is 6.82. The van der Waals surface area contributed by atoms with Crippen LogP contribution in [0, 0.1) is 0 Å². The van der Waals surface area contributed by atoms with E-state index >= 15 is 0 Å². The first kappa shape index (κ1) is 27.4. The predicted molar refractivity (Wildman–Crippen MR) is 137 cm³/mol. The normalized spacial score (nSPS) is 22.8. The Balaban J connectivity index is 1.72. The molecule has 198 valence electrons. The number of fused-ring (bicyclic) bond motifs is 1. The van der Waals surface area contributed by atoms with Crippen molar-refractivity contribution in [1.29, 1.82) is 0 Å². The maximum absolute atomic E-state index is 12.7. The summed E-state index contributed by atoms with van der Waals surface area (Å²) in [6.07, 6.45) is -0.915. The van der Waals surface area contributed by atoms with Gasteiger partial charge in [0.05, 0.1) is 12.9 Å². The molecule has 3 aromatic rings. The van der Waals surface area contributed by atoms with Crippen molar-refractivity contribution in [2.45, 2.75) is 63.4 Å². The third-order valence-corrected chi connectivity index (χ3v) is 11.7. The SMILES string of the molecule is CC(C)(C)[Si](C)(C)O[C@H]1C(O[P+](=O)O)[C@@H](CO)O[C@H]1n1cnc2c(NC(=O)c3ccccc3)ncnc21. The summed E-state index contributed by atoms with van der Waals surface area (Å²) >= 11 is 0. The Bertz CT molecular complexity index is 1280. The standard InChI is InChI=1S/C23H30N5O7PSi/c1-23(2,3)37(4,5)35-18-17(34-36(31)32)15(11-29)33-22(18)28-13-26-16-19(24-12-25-20(16)28)27-21(30)14-9-7-6-8-10-14/h6-10,12-13,15,17-18,22,29H,11H2,1-5H3,(H-,24,25,27,30,31,32)/p+1/t15-,17?,18+,22-/m1/s1. The van der Waals surface area contributed by atoms with Gasteiger partial charge in [-0.05, 0) is 30.3 Å². The molecule has 2 unspecified atom stereocenters. The summed E-state index contributed by atoms with van der Waals surface area (Å²) in [7, 11) is -5.43. The van der Waals surface area contributed by atoms with E-state index in [2.05, 4.69) is 41.0 Å². The molecule has 1 aliphatic rings. The van der Waals surface area contributed by atoms with Crippen LogP contribution in [0.5, 0.6) is 0 Å². The highest BCUT2D eigenvalue weighted by atomic mass is 31.1. The van der Waals surface area contributed by atoms with Crippen LogP contribution in [0.25, 0.3) is 11.2 Å². The largest absolute Gasteiger partial charge is 0.695 e. The first-order valence-electron chi connectivity index (χ1n) is 11.7. The average molecular weight is 549 g/mol. The topological polar surface area (TPSA) is 158 Å². The number of benzene rings is 1. The number of aromatic nitrogens is 4. The van der Waals surface area contributed by atoms with Crippen LogP contribution in [0.15, 0.2) is 43.0 Å². The fraction of sp³-hybridized carbons (Fsp3) is 0.478. The van der Waals surface area contributed by atoms with Gasteiger partial charge in [-0.25, -0.2) is 15.0 Å². The minimum atomic E-state index is -2.99. The van der Waals surface area contributed by atoms with E-state index in [0.717, 1.165) is 0 Å². The Morgan fingerprint density at radius 2 is 1.89 bits per heavy atom. The van der Waals surface area contributed by atoms with E-state index in [0.29, 0.717) is 16.7 Å². The number of nitrogens with zero attached hydrogens (tertiary/aromatic N) is 4. The monoisotopic (exact) mass is 548 g/mol. The Hall–Kier alpha value is -2.64. The van der Waals surface area contributed by atoms with E-state index < -0.39 is 47.7 Å². The van der Waals surface area contributed by atoms with Gasteiger partial charge in [0.25, 0.3) is 5.91 Å². The second-order valence-corrected chi connectivity index (χ2v) is 15.7. The lowest BCUT2D eigenvalue weighted by atomic mass is 10.1. The van der Waals surface area contributed by atoms with E-state index in [1.54, 1.807) is 28.8 Å². The molecule has 0 radical (unpaired) electrons. The lowest BCUT2D eigenvalue weighted by molar-refractivity contribution is -0.0487. The van der Waals surface area contributed by atoms with Crippen molar-refractivity contribution in [2.24, 2.45) is 0 Å². The summed E-state index contributed by atoms with van der Waals surface area (Å²) in [5, 5.41) is 12.6. The molecule has 1 saturated heterocycles. The van der Waals surface area contributed by atoms with Gasteiger partial charge in [0.15, 0.2) is 37.6 Å². The summed E-state index contributed by atoms with van der Waals surface area (Å²) in [6.45, 7) is 9.82. The molecule has 12 nitrogen and oxygen atoms in total. The molecule has 0 saturated carbocycles. The number of nitrogens with one attached hydrogen (secondary N) is 1. The van der Waals surface area contributed by atoms with Crippen LogP contribution in [0.3, 0.4) is 0 Å². The van der Waals surface area contributed by atoms with E-state index in [4.69, 9.17) is 13.7 Å². The molecule has 4 rings (SSSR count). The summed E-state index contributed by atoms with van der Waals surface area (Å²) in [4.78, 5) is 35.2. The van der Waals surface area contributed by atoms with Gasteiger partial charge in [0.2, 0.25) is 0 Å². The number of carbonyl (C=O) groups excluding carboxylic acids is 1. The second kappa shape index (κ2) is 10.6. The second-order valence-electron chi connectivity index (χ2n) is 10.3. The highest BCUT2D eigenvalue weighted by Gasteiger charge is 2.54. The maximum Gasteiger partial charge on any atom is 0.695 e. The number of aliphatic hydroxyl groups is 1. The molecule has 1 fully saturated rings. The van der Waals surface area contributed by atoms with Crippen molar-refractivity contribution in [2.75, 3.05) is 11.9 Å². The van der Waals surface area contributed by atoms with Crippen molar-refractivity contribution in [1.82, 2.24) is 19.5 Å². The van der Waals surface area contributed by atoms with Crippen molar-refractivity contribution in [3.8, 4) is 0 Å². The summed E-state index contributed by atoms with van der Waals surface area (Å²) in [6, 6.07) is 8.70. The summed E-state index contributed by atoms with van der Waals surface area (Å²) < 4.78 is 31.3. The molecule has 3 N–H and O–H groups in total. The van der Waals surface area contributed by atoms with E-state index in [1.165, 1.54) is 12.7 Å². The Morgan fingerprint density at radius 3 is 2.51 bits per heavy atom. The van der Waals surface area contributed by atoms with Crippen LogP contribution >= 0.6 is 8.25 Å². The van der Waals surface area contributed by atoms with Gasteiger partial charge in [-0.3, -0.25) is 9.36 Å². The number of aliphatic hydroxyl groups excluding tert-OH is 1. The van der Waals surface area contributed by atoms with Crippen molar-refractivity contribution < 1.29 is 33.0 Å².